The predicted octanol–water partition coefficient (Wildman–Crippen LogP) is 2.82. The molecule has 0 bridgehead atoms. The van der Waals surface area contributed by atoms with Crippen molar-refractivity contribution < 1.29 is 22.4 Å². The molecule has 2 heterocycles. The Morgan fingerprint density at radius 1 is 1.00 bits per heavy atom. The Balaban J connectivity index is 1.33. The first-order chi connectivity index (χ1) is 15.0. The minimum absolute atomic E-state index is 0.150. The van der Waals surface area contributed by atoms with Crippen molar-refractivity contribution in [1.82, 2.24) is 14.4 Å². The third-order valence-corrected chi connectivity index (χ3v) is 7.01. The summed E-state index contributed by atoms with van der Waals surface area (Å²) in [6.07, 6.45) is 0. The van der Waals surface area contributed by atoms with E-state index >= 15 is 0 Å². The first kappa shape index (κ1) is 21.4. The molecule has 164 valence electrons. The minimum Gasteiger partial charge on any atom is -0.497 e. The summed E-state index contributed by atoms with van der Waals surface area (Å²) in [4.78, 5) is 6.44. The second kappa shape index (κ2) is 9.13. The third-order valence-electron chi connectivity index (χ3n) is 4.85. The maximum atomic E-state index is 12.9. The highest BCUT2D eigenvalue weighted by molar-refractivity contribution is 7.89. The van der Waals surface area contributed by atoms with E-state index in [1.54, 1.807) is 48.5 Å². The number of aromatic nitrogens is 2. The van der Waals surface area contributed by atoms with Crippen molar-refractivity contribution in [3.63, 3.8) is 0 Å². The summed E-state index contributed by atoms with van der Waals surface area (Å²) in [5.41, 5.74) is 0. The van der Waals surface area contributed by atoms with Gasteiger partial charge in [0, 0.05) is 31.2 Å². The smallest absolute Gasteiger partial charge is 0.324 e. The van der Waals surface area contributed by atoms with E-state index in [-0.39, 0.29) is 11.5 Å². The third kappa shape index (κ3) is 4.92. The molecule has 1 aliphatic heterocycles. The molecule has 1 aliphatic rings. The number of piperazine rings is 1. The van der Waals surface area contributed by atoms with E-state index < -0.39 is 10.0 Å². The Morgan fingerprint density at radius 3 is 2.29 bits per heavy atom. The number of anilines is 1. The van der Waals surface area contributed by atoms with E-state index in [9.17, 15) is 8.42 Å². The molecule has 2 aromatic carbocycles. The van der Waals surface area contributed by atoms with Crippen molar-refractivity contribution in [1.29, 1.82) is 0 Å². The summed E-state index contributed by atoms with van der Waals surface area (Å²) >= 11 is 5.86. The van der Waals surface area contributed by atoms with Gasteiger partial charge in [0.1, 0.15) is 11.5 Å². The van der Waals surface area contributed by atoms with Crippen LogP contribution in [-0.2, 0) is 16.6 Å². The van der Waals surface area contributed by atoms with Gasteiger partial charge in [-0.2, -0.15) is 9.29 Å². The second-order valence-electron chi connectivity index (χ2n) is 6.80. The van der Waals surface area contributed by atoms with Crippen LogP contribution >= 0.6 is 11.6 Å². The second-order valence-corrected chi connectivity index (χ2v) is 9.18. The fraction of sp³-hybridized carbons (Fsp3) is 0.300. The SMILES string of the molecule is COc1ccc(S(=O)(=O)N2CCN(c3nc(COc4ccc(Cl)cc4)no3)CC2)cc1. The lowest BCUT2D eigenvalue weighted by molar-refractivity contribution is 0.286. The predicted molar refractivity (Wildman–Crippen MR) is 114 cm³/mol. The Morgan fingerprint density at radius 2 is 1.65 bits per heavy atom. The number of hydrogen-bond acceptors (Lipinski definition) is 8. The van der Waals surface area contributed by atoms with Crippen molar-refractivity contribution in [2.45, 2.75) is 11.5 Å². The van der Waals surface area contributed by atoms with Crippen molar-refractivity contribution in [2.24, 2.45) is 0 Å². The Kier molecular flexibility index (Phi) is 6.30. The van der Waals surface area contributed by atoms with Gasteiger partial charge in [-0.05, 0) is 48.5 Å². The number of benzene rings is 2. The zero-order valence-corrected chi connectivity index (χ0v) is 18.3. The zero-order valence-electron chi connectivity index (χ0n) is 16.8. The van der Waals surface area contributed by atoms with Crippen LogP contribution < -0.4 is 14.4 Å². The van der Waals surface area contributed by atoms with E-state index in [4.69, 9.17) is 25.6 Å². The summed E-state index contributed by atoms with van der Waals surface area (Å²) in [5.74, 6) is 1.65. The van der Waals surface area contributed by atoms with Crippen LogP contribution in [0, 0.1) is 0 Å². The van der Waals surface area contributed by atoms with Gasteiger partial charge in [0.15, 0.2) is 6.61 Å². The lowest BCUT2D eigenvalue weighted by Gasteiger charge is -2.32. The molecule has 0 amide bonds. The van der Waals surface area contributed by atoms with Crippen LogP contribution in [0.4, 0.5) is 6.01 Å². The van der Waals surface area contributed by atoms with Crippen LogP contribution in [0.15, 0.2) is 57.9 Å². The highest BCUT2D eigenvalue weighted by Crippen LogP contribution is 2.22. The summed E-state index contributed by atoms with van der Waals surface area (Å²) in [6, 6.07) is 13.7. The number of sulfonamides is 1. The molecule has 0 spiro atoms. The molecule has 0 aliphatic carbocycles. The molecule has 0 radical (unpaired) electrons. The van der Waals surface area contributed by atoms with Crippen LogP contribution in [-0.4, -0.2) is 56.2 Å². The van der Waals surface area contributed by atoms with Crippen LogP contribution in [0.5, 0.6) is 11.5 Å². The van der Waals surface area contributed by atoms with Crippen molar-refractivity contribution in [2.75, 3.05) is 38.2 Å². The number of ether oxygens (including phenoxy) is 2. The van der Waals surface area contributed by atoms with Gasteiger partial charge in [0.05, 0.1) is 12.0 Å². The first-order valence-electron chi connectivity index (χ1n) is 9.56. The van der Waals surface area contributed by atoms with Crippen LogP contribution in [0.1, 0.15) is 5.82 Å². The standard InChI is InChI=1S/C20H21ClN4O5S/c1-28-16-6-8-18(9-7-16)31(26,27)25-12-10-24(11-13-25)20-22-19(23-30-20)14-29-17-4-2-15(21)3-5-17/h2-9H,10-14H2,1H3. The van der Waals surface area contributed by atoms with Crippen molar-refractivity contribution >= 4 is 27.6 Å². The lowest BCUT2D eigenvalue weighted by Crippen LogP contribution is -2.48. The topological polar surface area (TPSA) is 98.0 Å². The van der Waals surface area contributed by atoms with E-state index in [0.717, 1.165) is 0 Å². The van der Waals surface area contributed by atoms with Gasteiger partial charge in [0.25, 0.3) is 0 Å². The highest BCUT2D eigenvalue weighted by Gasteiger charge is 2.30. The minimum atomic E-state index is -3.57. The number of hydrogen-bond donors (Lipinski definition) is 0. The van der Waals surface area contributed by atoms with Gasteiger partial charge in [-0.25, -0.2) is 8.42 Å². The molecule has 0 saturated carbocycles. The quantitative estimate of drug-likeness (QED) is 0.526. The number of halogens is 1. The van der Waals surface area contributed by atoms with E-state index in [1.807, 2.05) is 4.90 Å². The summed E-state index contributed by atoms with van der Waals surface area (Å²) in [6.45, 7) is 1.65. The van der Waals surface area contributed by atoms with E-state index in [0.29, 0.717) is 54.5 Å². The van der Waals surface area contributed by atoms with Gasteiger partial charge in [0.2, 0.25) is 15.8 Å². The van der Waals surface area contributed by atoms with Crippen LogP contribution in [0.3, 0.4) is 0 Å². The van der Waals surface area contributed by atoms with Crippen molar-refractivity contribution in [3.05, 3.63) is 59.4 Å². The fourth-order valence-electron chi connectivity index (χ4n) is 3.13. The Bertz CT molecular complexity index is 1110. The maximum Gasteiger partial charge on any atom is 0.324 e. The molecule has 11 heteroatoms. The fourth-order valence-corrected chi connectivity index (χ4v) is 4.68. The summed E-state index contributed by atoms with van der Waals surface area (Å²) in [5, 5.41) is 4.56. The number of nitrogens with zero attached hydrogens (tertiary/aromatic N) is 4. The highest BCUT2D eigenvalue weighted by atomic mass is 35.5. The molecule has 0 unspecified atom stereocenters. The monoisotopic (exact) mass is 464 g/mol. The molecule has 4 rings (SSSR count). The largest absolute Gasteiger partial charge is 0.497 e. The van der Waals surface area contributed by atoms with Gasteiger partial charge in [-0.1, -0.05) is 16.8 Å². The molecule has 0 N–H and O–H groups in total. The molecule has 1 fully saturated rings. The average Bonchev–Trinajstić information content (AvgIpc) is 3.28. The lowest BCUT2D eigenvalue weighted by atomic mass is 10.3. The maximum absolute atomic E-state index is 12.9. The van der Waals surface area contributed by atoms with Crippen molar-refractivity contribution in [3.8, 4) is 11.5 Å². The molecule has 3 aromatic rings. The molecule has 1 saturated heterocycles. The molecule has 31 heavy (non-hydrogen) atoms. The molecular weight excluding hydrogens is 444 g/mol. The summed E-state index contributed by atoms with van der Waals surface area (Å²) < 4.78 is 43.2. The Hall–Kier alpha value is -2.82. The van der Waals surface area contributed by atoms with E-state index in [2.05, 4.69) is 10.1 Å². The number of rotatable bonds is 7. The Labute approximate surface area is 185 Å². The van der Waals surface area contributed by atoms with Crippen LogP contribution in [0.25, 0.3) is 0 Å². The van der Waals surface area contributed by atoms with Gasteiger partial charge < -0.3 is 18.9 Å². The summed E-state index contributed by atoms with van der Waals surface area (Å²) in [7, 11) is -2.04. The van der Waals surface area contributed by atoms with E-state index in [1.165, 1.54) is 11.4 Å². The van der Waals surface area contributed by atoms with Gasteiger partial charge >= 0.3 is 6.01 Å². The first-order valence-corrected chi connectivity index (χ1v) is 11.4. The average molecular weight is 465 g/mol. The van der Waals surface area contributed by atoms with Crippen LogP contribution in [0.2, 0.25) is 5.02 Å². The van der Waals surface area contributed by atoms with Gasteiger partial charge in [-0.3, -0.25) is 0 Å². The number of methoxy groups -OCH3 is 1. The molecule has 9 nitrogen and oxygen atoms in total. The zero-order chi connectivity index (χ0) is 21.8. The molecular formula is C20H21ClN4O5S. The normalized spacial score (nSPS) is 15.1. The van der Waals surface area contributed by atoms with Gasteiger partial charge in [-0.15, -0.1) is 0 Å². The molecule has 1 aromatic heterocycles. The molecule has 0 atom stereocenters.